The Kier molecular flexibility index (Phi) is 5.21. The van der Waals surface area contributed by atoms with Crippen molar-refractivity contribution in [2.75, 3.05) is 33.4 Å². The predicted molar refractivity (Wildman–Crippen MR) is 58.7 cm³/mol. The summed E-state index contributed by atoms with van der Waals surface area (Å²) in [5, 5.41) is 3.21. The Morgan fingerprint density at radius 1 is 1.44 bits per heavy atom. The Hall–Kier alpha value is -1.14. The number of primary amides is 1. The first-order valence-corrected chi connectivity index (χ1v) is 5.42. The quantitative estimate of drug-likeness (QED) is 0.613. The number of carbonyl (C=O) groups excluding carboxylic acids is 2. The number of rotatable bonds is 5. The Morgan fingerprint density at radius 2 is 2.06 bits per heavy atom. The van der Waals surface area contributed by atoms with Gasteiger partial charge in [-0.05, 0) is 25.9 Å². The van der Waals surface area contributed by atoms with E-state index in [9.17, 15) is 9.59 Å². The molecule has 2 amide bonds. The molecule has 0 aromatic carbocycles. The second-order valence-electron chi connectivity index (χ2n) is 3.90. The first-order valence-electron chi connectivity index (χ1n) is 5.42. The fraction of sp³-hybridized carbons (Fsp3) is 0.800. The molecule has 0 bridgehead atoms. The summed E-state index contributed by atoms with van der Waals surface area (Å²) in [6.45, 7) is 1.70. The fourth-order valence-electron chi connectivity index (χ4n) is 1.91. The molecule has 1 heterocycles. The van der Waals surface area contributed by atoms with Gasteiger partial charge in [-0.3, -0.25) is 9.59 Å². The van der Waals surface area contributed by atoms with Crippen molar-refractivity contribution >= 4 is 11.8 Å². The highest BCUT2D eigenvalue weighted by Crippen LogP contribution is 2.11. The van der Waals surface area contributed by atoms with Crippen LogP contribution in [0.15, 0.2) is 0 Å². The highest BCUT2D eigenvalue weighted by atomic mass is 16.5. The average molecular weight is 229 g/mol. The Bertz CT molecular complexity index is 252. The third-order valence-corrected chi connectivity index (χ3v) is 2.66. The van der Waals surface area contributed by atoms with Gasteiger partial charge in [0.1, 0.15) is 6.61 Å². The second-order valence-corrected chi connectivity index (χ2v) is 3.90. The van der Waals surface area contributed by atoms with Gasteiger partial charge in [0.05, 0.1) is 6.54 Å². The zero-order valence-electron chi connectivity index (χ0n) is 9.57. The molecule has 0 unspecified atom stereocenters. The second kappa shape index (κ2) is 6.44. The third-order valence-electron chi connectivity index (χ3n) is 2.66. The van der Waals surface area contributed by atoms with E-state index in [0.717, 1.165) is 25.9 Å². The lowest BCUT2D eigenvalue weighted by Crippen LogP contribution is -2.50. The topological polar surface area (TPSA) is 84.7 Å². The smallest absolute Gasteiger partial charge is 0.249 e. The highest BCUT2D eigenvalue weighted by molar-refractivity contribution is 5.84. The third kappa shape index (κ3) is 3.79. The largest absolute Gasteiger partial charge is 0.375 e. The molecule has 3 N–H and O–H groups in total. The van der Waals surface area contributed by atoms with Crippen LogP contribution >= 0.6 is 0 Å². The molecule has 6 nitrogen and oxygen atoms in total. The normalized spacial score (nSPS) is 17.1. The molecule has 1 saturated heterocycles. The summed E-state index contributed by atoms with van der Waals surface area (Å²) in [6.07, 6.45) is 1.70. The molecule has 16 heavy (non-hydrogen) atoms. The fourth-order valence-corrected chi connectivity index (χ4v) is 1.91. The number of ether oxygens (including phenoxy) is 1. The van der Waals surface area contributed by atoms with Crippen LogP contribution in [0.25, 0.3) is 0 Å². The number of nitrogens with two attached hydrogens (primary N) is 1. The molecule has 1 fully saturated rings. The van der Waals surface area contributed by atoms with Crippen molar-refractivity contribution < 1.29 is 14.3 Å². The highest BCUT2D eigenvalue weighted by Gasteiger charge is 2.26. The monoisotopic (exact) mass is 229 g/mol. The molecule has 1 rings (SSSR count). The first-order chi connectivity index (χ1) is 7.65. The zero-order valence-corrected chi connectivity index (χ0v) is 9.57. The Morgan fingerprint density at radius 3 is 2.56 bits per heavy atom. The van der Waals surface area contributed by atoms with Gasteiger partial charge in [-0.2, -0.15) is 0 Å². The molecule has 1 aliphatic rings. The molecule has 92 valence electrons. The minimum absolute atomic E-state index is 0.00277. The van der Waals surface area contributed by atoms with Crippen molar-refractivity contribution in [1.82, 2.24) is 10.2 Å². The molecular formula is C10H19N3O3. The van der Waals surface area contributed by atoms with E-state index in [-0.39, 0.29) is 25.1 Å². The summed E-state index contributed by atoms with van der Waals surface area (Å²) >= 11 is 0. The van der Waals surface area contributed by atoms with Gasteiger partial charge in [0.15, 0.2) is 0 Å². The van der Waals surface area contributed by atoms with E-state index < -0.39 is 5.91 Å². The Labute approximate surface area is 95.1 Å². The number of nitrogens with zero attached hydrogens (tertiary/aromatic N) is 1. The van der Waals surface area contributed by atoms with Gasteiger partial charge in [-0.1, -0.05) is 0 Å². The number of hydrogen-bond donors (Lipinski definition) is 2. The first kappa shape index (κ1) is 12.9. The van der Waals surface area contributed by atoms with Crippen molar-refractivity contribution in [1.29, 1.82) is 0 Å². The molecule has 0 spiro atoms. The summed E-state index contributed by atoms with van der Waals surface area (Å²) in [7, 11) is 1.46. The van der Waals surface area contributed by atoms with Gasteiger partial charge in [0.25, 0.3) is 0 Å². The lowest BCUT2D eigenvalue weighted by atomic mass is 10.0. The number of methoxy groups -OCH3 is 1. The number of hydrogen-bond acceptors (Lipinski definition) is 4. The van der Waals surface area contributed by atoms with E-state index in [1.165, 1.54) is 12.0 Å². The summed E-state index contributed by atoms with van der Waals surface area (Å²) in [5.41, 5.74) is 5.14. The van der Waals surface area contributed by atoms with Crippen LogP contribution in [0.1, 0.15) is 12.8 Å². The molecule has 0 radical (unpaired) electrons. The molecule has 6 heteroatoms. The molecule has 0 aromatic rings. The van der Waals surface area contributed by atoms with E-state index in [1.807, 2.05) is 0 Å². The Balaban J connectivity index is 2.60. The minimum atomic E-state index is -0.483. The van der Waals surface area contributed by atoms with Gasteiger partial charge < -0.3 is 20.7 Å². The maximum absolute atomic E-state index is 11.8. The minimum Gasteiger partial charge on any atom is -0.375 e. The molecule has 1 aliphatic heterocycles. The van der Waals surface area contributed by atoms with E-state index in [2.05, 4.69) is 5.32 Å². The van der Waals surface area contributed by atoms with Crippen LogP contribution in [-0.2, 0) is 14.3 Å². The zero-order chi connectivity index (χ0) is 12.0. The van der Waals surface area contributed by atoms with Crippen LogP contribution in [0.5, 0.6) is 0 Å². The lowest BCUT2D eigenvalue weighted by Gasteiger charge is -2.33. The van der Waals surface area contributed by atoms with E-state index in [0.29, 0.717) is 0 Å². The van der Waals surface area contributed by atoms with E-state index in [4.69, 9.17) is 10.5 Å². The van der Waals surface area contributed by atoms with Crippen LogP contribution in [0.2, 0.25) is 0 Å². The SMILES string of the molecule is COCC(=O)N(CC(N)=O)C1CCNCC1. The maximum atomic E-state index is 11.8. The van der Waals surface area contributed by atoms with Crippen LogP contribution < -0.4 is 11.1 Å². The summed E-state index contributed by atoms with van der Waals surface area (Å²) in [5.74, 6) is -0.656. The molecule has 0 aromatic heterocycles. The van der Waals surface area contributed by atoms with Crippen LogP contribution in [0.3, 0.4) is 0 Å². The van der Waals surface area contributed by atoms with Crippen molar-refractivity contribution in [2.24, 2.45) is 5.73 Å². The summed E-state index contributed by atoms with van der Waals surface area (Å²) in [4.78, 5) is 24.2. The van der Waals surface area contributed by atoms with E-state index >= 15 is 0 Å². The molecule has 0 aliphatic carbocycles. The van der Waals surface area contributed by atoms with Crippen molar-refractivity contribution in [3.63, 3.8) is 0 Å². The molecule has 0 atom stereocenters. The average Bonchev–Trinajstić information content (AvgIpc) is 2.27. The summed E-state index contributed by atoms with van der Waals surface area (Å²) in [6, 6.07) is 0.0939. The maximum Gasteiger partial charge on any atom is 0.249 e. The van der Waals surface area contributed by atoms with Gasteiger partial charge in [-0.25, -0.2) is 0 Å². The number of carbonyl (C=O) groups is 2. The predicted octanol–water partition coefficient (Wildman–Crippen LogP) is -1.30. The molecule has 0 saturated carbocycles. The number of amides is 2. The van der Waals surface area contributed by atoms with Gasteiger partial charge in [0.2, 0.25) is 11.8 Å². The van der Waals surface area contributed by atoms with Gasteiger partial charge in [-0.15, -0.1) is 0 Å². The molecular weight excluding hydrogens is 210 g/mol. The summed E-state index contributed by atoms with van der Waals surface area (Å²) < 4.78 is 4.80. The van der Waals surface area contributed by atoms with Crippen molar-refractivity contribution in [3.05, 3.63) is 0 Å². The standard InChI is InChI=1S/C10H19N3O3/c1-16-7-10(15)13(6-9(11)14)8-2-4-12-5-3-8/h8,12H,2-7H2,1H3,(H2,11,14). The van der Waals surface area contributed by atoms with Crippen molar-refractivity contribution in [3.8, 4) is 0 Å². The van der Waals surface area contributed by atoms with E-state index in [1.54, 1.807) is 0 Å². The van der Waals surface area contributed by atoms with Gasteiger partial charge >= 0.3 is 0 Å². The van der Waals surface area contributed by atoms with Gasteiger partial charge in [0, 0.05) is 13.2 Å². The number of nitrogens with one attached hydrogen (secondary N) is 1. The van der Waals surface area contributed by atoms with Crippen molar-refractivity contribution in [2.45, 2.75) is 18.9 Å². The lowest BCUT2D eigenvalue weighted by molar-refractivity contribution is -0.141. The van der Waals surface area contributed by atoms with Crippen LogP contribution in [0.4, 0.5) is 0 Å². The van der Waals surface area contributed by atoms with Crippen LogP contribution in [-0.4, -0.2) is 56.1 Å². The number of piperidine rings is 1. The van der Waals surface area contributed by atoms with Crippen LogP contribution in [0, 0.1) is 0 Å².